The number of nitrogens with zero attached hydrogens (tertiary/aromatic N) is 1. The van der Waals surface area contributed by atoms with Crippen LogP contribution in [0.5, 0.6) is 0 Å². The maximum Gasteiger partial charge on any atom is 0.0942 e. The average molecular weight is 270 g/mol. The van der Waals surface area contributed by atoms with E-state index in [2.05, 4.69) is 4.90 Å². The van der Waals surface area contributed by atoms with Gasteiger partial charge in [0.15, 0.2) is 0 Å². The summed E-state index contributed by atoms with van der Waals surface area (Å²) in [6.07, 6.45) is 0.883. The van der Waals surface area contributed by atoms with Crippen molar-refractivity contribution in [2.24, 2.45) is 0 Å². The molecule has 1 fully saturated rings. The second kappa shape index (κ2) is 6.02. The predicted octanol–water partition coefficient (Wildman–Crippen LogP) is 2.22. The molecule has 1 aliphatic heterocycles. The molecule has 0 radical (unpaired) electrons. The summed E-state index contributed by atoms with van der Waals surface area (Å²) in [4.78, 5) is 2.23. The predicted molar refractivity (Wildman–Crippen MR) is 72.7 cm³/mol. The number of likely N-dealkylation sites (tertiary alicyclic amines) is 1. The molecule has 100 valence electrons. The largest absolute Gasteiger partial charge is 0.393 e. The van der Waals surface area contributed by atoms with Gasteiger partial charge in [-0.05, 0) is 37.5 Å². The van der Waals surface area contributed by atoms with Crippen molar-refractivity contribution in [3.63, 3.8) is 0 Å². The number of aliphatic hydroxyl groups is 2. The second-order valence-electron chi connectivity index (χ2n) is 5.00. The smallest absolute Gasteiger partial charge is 0.0942 e. The average Bonchev–Trinajstić information content (AvgIpc) is 2.39. The van der Waals surface area contributed by atoms with Crippen molar-refractivity contribution in [2.75, 3.05) is 13.1 Å². The summed E-state index contributed by atoms with van der Waals surface area (Å²) in [7, 11) is 0. The maximum absolute atomic E-state index is 10.4. The fourth-order valence-electron chi connectivity index (χ4n) is 2.43. The first kappa shape index (κ1) is 13.8. The number of benzene rings is 1. The third-order valence-electron chi connectivity index (χ3n) is 3.74. The van der Waals surface area contributed by atoms with E-state index >= 15 is 0 Å². The van der Waals surface area contributed by atoms with Crippen LogP contribution in [0, 0.1) is 0 Å². The molecule has 4 heteroatoms. The highest BCUT2D eigenvalue weighted by molar-refractivity contribution is 6.30. The SMILES string of the molecule is CC(C(O)c1ccc(Cl)cc1)N1CCC(O)CC1. The van der Waals surface area contributed by atoms with Crippen LogP contribution in [-0.2, 0) is 0 Å². The molecular formula is C14H20ClNO2. The van der Waals surface area contributed by atoms with Crippen LogP contribution in [0.3, 0.4) is 0 Å². The van der Waals surface area contributed by atoms with E-state index in [1.165, 1.54) is 0 Å². The van der Waals surface area contributed by atoms with Gasteiger partial charge in [0, 0.05) is 24.2 Å². The Bertz CT molecular complexity index is 374. The number of aliphatic hydroxyl groups excluding tert-OH is 2. The van der Waals surface area contributed by atoms with E-state index in [0.29, 0.717) is 5.02 Å². The van der Waals surface area contributed by atoms with Crippen molar-refractivity contribution in [1.29, 1.82) is 0 Å². The van der Waals surface area contributed by atoms with Gasteiger partial charge in [0.1, 0.15) is 0 Å². The van der Waals surface area contributed by atoms with Crippen LogP contribution in [0.25, 0.3) is 0 Å². The van der Waals surface area contributed by atoms with Crippen molar-refractivity contribution in [3.05, 3.63) is 34.9 Å². The maximum atomic E-state index is 10.4. The van der Waals surface area contributed by atoms with Crippen molar-refractivity contribution >= 4 is 11.6 Å². The molecule has 1 saturated heterocycles. The van der Waals surface area contributed by atoms with E-state index in [0.717, 1.165) is 31.5 Å². The van der Waals surface area contributed by atoms with Crippen molar-refractivity contribution in [1.82, 2.24) is 4.90 Å². The monoisotopic (exact) mass is 269 g/mol. The number of halogens is 1. The zero-order valence-electron chi connectivity index (χ0n) is 10.6. The van der Waals surface area contributed by atoms with Crippen LogP contribution in [0.1, 0.15) is 31.4 Å². The molecule has 0 aromatic heterocycles. The molecule has 0 aliphatic carbocycles. The Balaban J connectivity index is 1.99. The molecule has 1 aromatic carbocycles. The van der Waals surface area contributed by atoms with Gasteiger partial charge in [-0.15, -0.1) is 0 Å². The van der Waals surface area contributed by atoms with E-state index in [1.54, 1.807) is 12.1 Å². The topological polar surface area (TPSA) is 43.7 Å². The molecule has 0 bridgehead atoms. The minimum absolute atomic E-state index is 0.0543. The van der Waals surface area contributed by atoms with Crippen LogP contribution in [0.15, 0.2) is 24.3 Å². The van der Waals surface area contributed by atoms with Crippen molar-refractivity contribution < 1.29 is 10.2 Å². The van der Waals surface area contributed by atoms with Crippen LogP contribution in [0.4, 0.5) is 0 Å². The summed E-state index contributed by atoms with van der Waals surface area (Å²) in [5.74, 6) is 0. The summed E-state index contributed by atoms with van der Waals surface area (Å²) in [6, 6.07) is 7.38. The van der Waals surface area contributed by atoms with Gasteiger partial charge in [0.2, 0.25) is 0 Å². The number of rotatable bonds is 3. The molecule has 1 aromatic rings. The van der Waals surface area contributed by atoms with Crippen molar-refractivity contribution in [3.8, 4) is 0 Å². The first-order valence-electron chi connectivity index (χ1n) is 6.43. The van der Waals surface area contributed by atoms with E-state index in [9.17, 15) is 10.2 Å². The number of hydrogen-bond donors (Lipinski definition) is 2. The van der Waals surface area contributed by atoms with E-state index < -0.39 is 6.10 Å². The number of hydrogen-bond acceptors (Lipinski definition) is 3. The molecule has 1 heterocycles. The molecule has 0 saturated carbocycles. The normalized spacial score (nSPS) is 21.8. The lowest BCUT2D eigenvalue weighted by atomic mass is 9.99. The molecule has 1 aliphatic rings. The summed E-state index contributed by atoms with van der Waals surface area (Å²) >= 11 is 5.84. The van der Waals surface area contributed by atoms with Gasteiger partial charge >= 0.3 is 0 Å². The molecular weight excluding hydrogens is 250 g/mol. The summed E-state index contributed by atoms with van der Waals surface area (Å²) < 4.78 is 0. The van der Waals surface area contributed by atoms with Gasteiger partial charge in [-0.3, -0.25) is 4.90 Å². The molecule has 2 N–H and O–H groups in total. The molecule has 2 rings (SSSR count). The van der Waals surface area contributed by atoms with Crippen LogP contribution in [0.2, 0.25) is 5.02 Å². The molecule has 2 unspecified atom stereocenters. The zero-order chi connectivity index (χ0) is 13.1. The summed E-state index contributed by atoms with van der Waals surface area (Å²) in [5, 5.41) is 20.5. The molecule has 3 nitrogen and oxygen atoms in total. The summed E-state index contributed by atoms with van der Waals surface area (Å²) in [6.45, 7) is 3.71. The van der Waals surface area contributed by atoms with Gasteiger partial charge in [-0.25, -0.2) is 0 Å². The lowest BCUT2D eigenvalue weighted by molar-refractivity contribution is 0.0139. The highest BCUT2D eigenvalue weighted by Crippen LogP contribution is 2.24. The van der Waals surface area contributed by atoms with Crippen LogP contribution in [-0.4, -0.2) is 40.3 Å². The van der Waals surface area contributed by atoms with Gasteiger partial charge in [-0.2, -0.15) is 0 Å². The fraction of sp³-hybridized carbons (Fsp3) is 0.571. The van der Waals surface area contributed by atoms with Crippen LogP contribution >= 0.6 is 11.6 Å². The Labute approximate surface area is 113 Å². The second-order valence-corrected chi connectivity index (χ2v) is 5.44. The van der Waals surface area contributed by atoms with Gasteiger partial charge in [-0.1, -0.05) is 23.7 Å². The Morgan fingerprint density at radius 1 is 1.22 bits per heavy atom. The minimum atomic E-state index is -0.516. The minimum Gasteiger partial charge on any atom is -0.393 e. The van der Waals surface area contributed by atoms with Gasteiger partial charge < -0.3 is 10.2 Å². The zero-order valence-corrected chi connectivity index (χ0v) is 11.3. The lowest BCUT2D eigenvalue weighted by Crippen LogP contribution is -2.44. The Kier molecular flexibility index (Phi) is 4.62. The molecule has 0 spiro atoms. The molecule has 18 heavy (non-hydrogen) atoms. The van der Waals surface area contributed by atoms with E-state index in [-0.39, 0.29) is 12.1 Å². The van der Waals surface area contributed by atoms with Gasteiger partial charge in [0.05, 0.1) is 12.2 Å². The Hall–Kier alpha value is -0.610. The molecule has 2 atom stereocenters. The summed E-state index contributed by atoms with van der Waals surface area (Å²) in [5.41, 5.74) is 0.887. The first-order chi connectivity index (χ1) is 8.58. The highest BCUT2D eigenvalue weighted by Gasteiger charge is 2.26. The third kappa shape index (κ3) is 3.23. The standard InChI is InChI=1S/C14H20ClNO2/c1-10(16-8-6-13(17)7-9-16)14(18)11-2-4-12(15)5-3-11/h2-5,10,13-14,17-18H,6-9H2,1H3. The highest BCUT2D eigenvalue weighted by atomic mass is 35.5. The molecule has 0 amide bonds. The van der Waals surface area contributed by atoms with Crippen LogP contribution < -0.4 is 0 Å². The van der Waals surface area contributed by atoms with E-state index in [1.807, 2.05) is 19.1 Å². The third-order valence-corrected chi connectivity index (χ3v) is 4.00. The number of piperidine rings is 1. The fourth-order valence-corrected chi connectivity index (χ4v) is 2.56. The Morgan fingerprint density at radius 3 is 2.33 bits per heavy atom. The first-order valence-corrected chi connectivity index (χ1v) is 6.81. The van der Waals surface area contributed by atoms with E-state index in [4.69, 9.17) is 11.6 Å². The Morgan fingerprint density at radius 2 is 1.78 bits per heavy atom. The van der Waals surface area contributed by atoms with Gasteiger partial charge in [0.25, 0.3) is 0 Å². The van der Waals surface area contributed by atoms with Crippen molar-refractivity contribution in [2.45, 2.75) is 38.0 Å². The lowest BCUT2D eigenvalue weighted by Gasteiger charge is -2.36. The quantitative estimate of drug-likeness (QED) is 0.884.